The molecule has 0 bridgehead atoms. The van der Waals surface area contributed by atoms with Crippen LogP contribution < -0.4 is 15.8 Å². The lowest BCUT2D eigenvalue weighted by molar-refractivity contribution is -0.119. The fourth-order valence-electron chi connectivity index (χ4n) is 2.14. The van der Waals surface area contributed by atoms with Crippen molar-refractivity contribution in [3.63, 3.8) is 0 Å². The van der Waals surface area contributed by atoms with Gasteiger partial charge in [0.25, 0.3) is 0 Å². The van der Waals surface area contributed by atoms with E-state index < -0.39 is 0 Å². The number of hydrogen-bond donors (Lipinski definition) is 2. The van der Waals surface area contributed by atoms with Gasteiger partial charge in [0.05, 0.1) is 19.8 Å². The zero-order valence-corrected chi connectivity index (χ0v) is 14.7. The molecule has 0 atom stereocenters. The van der Waals surface area contributed by atoms with Crippen LogP contribution in [-0.2, 0) is 16.1 Å². The number of rotatable bonds is 7. The number of halogens is 2. The molecule has 3 N–H and O–H groups in total. The van der Waals surface area contributed by atoms with Gasteiger partial charge in [-0.2, -0.15) is 0 Å². The van der Waals surface area contributed by atoms with E-state index in [1.54, 1.807) is 0 Å². The SMILES string of the molecule is Cl.Cl.NCC(=O)NCc1cccc(OCCN2CCOCC2)c1. The average Bonchev–Trinajstić information content (AvgIpc) is 2.54. The Hall–Kier alpha value is -1.05. The summed E-state index contributed by atoms with van der Waals surface area (Å²) in [6.45, 7) is 5.57. The molecule has 1 heterocycles. The summed E-state index contributed by atoms with van der Waals surface area (Å²) >= 11 is 0. The van der Waals surface area contributed by atoms with Gasteiger partial charge in [-0.05, 0) is 17.7 Å². The van der Waals surface area contributed by atoms with Crippen LogP contribution in [0, 0.1) is 0 Å². The Kier molecular flexibility index (Phi) is 11.8. The molecule has 23 heavy (non-hydrogen) atoms. The minimum Gasteiger partial charge on any atom is -0.492 e. The summed E-state index contributed by atoms with van der Waals surface area (Å²) in [7, 11) is 0. The number of nitrogens with one attached hydrogen (secondary N) is 1. The number of ether oxygens (including phenoxy) is 2. The molecular weight excluding hydrogens is 341 g/mol. The molecule has 0 radical (unpaired) electrons. The van der Waals surface area contributed by atoms with Gasteiger partial charge < -0.3 is 20.5 Å². The summed E-state index contributed by atoms with van der Waals surface area (Å²) in [5.41, 5.74) is 6.25. The maximum atomic E-state index is 11.1. The molecule has 1 aliphatic rings. The van der Waals surface area contributed by atoms with Gasteiger partial charge in [-0.3, -0.25) is 9.69 Å². The number of carbonyl (C=O) groups excluding carboxylic acids is 1. The number of nitrogens with zero attached hydrogens (tertiary/aromatic N) is 1. The molecular formula is C15H25Cl2N3O3. The summed E-state index contributed by atoms with van der Waals surface area (Å²) < 4.78 is 11.1. The van der Waals surface area contributed by atoms with Crippen molar-refractivity contribution in [2.45, 2.75) is 6.54 Å². The van der Waals surface area contributed by atoms with Gasteiger partial charge in [0, 0.05) is 26.2 Å². The van der Waals surface area contributed by atoms with Crippen LogP contribution in [0.15, 0.2) is 24.3 Å². The average molecular weight is 366 g/mol. The molecule has 6 nitrogen and oxygen atoms in total. The van der Waals surface area contributed by atoms with Gasteiger partial charge >= 0.3 is 0 Å². The van der Waals surface area contributed by atoms with E-state index in [1.165, 1.54) is 0 Å². The fourth-order valence-corrected chi connectivity index (χ4v) is 2.14. The summed E-state index contributed by atoms with van der Waals surface area (Å²) in [5.74, 6) is 0.663. The maximum absolute atomic E-state index is 11.1. The van der Waals surface area contributed by atoms with E-state index in [9.17, 15) is 4.79 Å². The van der Waals surface area contributed by atoms with Crippen LogP contribution in [0.25, 0.3) is 0 Å². The molecule has 1 aromatic rings. The summed E-state index contributed by atoms with van der Waals surface area (Å²) in [6.07, 6.45) is 0. The predicted molar refractivity (Wildman–Crippen MR) is 94.6 cm³/mol. The van der Waals surface area contributed by atoms with Gasteiger partial charge in [0.2, 0.25) is 5.91 Å². The third-order valence-corrected chi connectivity index (χ3v) is 3.35. The Labute approximate surface area is 149 Å². The molecule has 0 aromatic heterocycles. The van der Waals surface area contributed by atoms with Crippen molar-refractivity contribution < 1.29 is 14.3 Å². The number of hydrogen-bond acceptors (Lipinski definition) is 5. The van der Waals surface area contributed by atoms with E-state index >= 15 is 0 Å². The smallest absolute Gasteiger partial charge is 0.234 e. The predicted octanol–water partition coefficient (Wildman–Crippen LogP) is 0.816. The van der Waals surface area contributed by atoms with Crippen molar-refractivity contribution in [1.29, 1.82) is 0 Å². The Morgan fingerprint density at radius 3 is 2.74 bits per heavy atom. The highest BCUT2D eigenvalue weighted by atomic mass is 35.5. The number of carbonyl (C=O) groups is 1. The zero-order chi connectivity index (χ0) is 14.9. The Morgan fingerprint density at radius 2 is 2.04 bits per heavy atom. The van der Waals surface area contributed by atoms with Crippen LogP contribution in [0.5, 0.6) is 5.75 Å². The highest BCUT2D eigenvalue weighted by Gasteiger charge is 2.09. The van der Waals surface area contributed by atoms with Crippen LogP contribution in [0.1, 0.15) is 5.56 Å². The van der Waals surface area contributed by atoms with Crippen molar-refractivity contribution in [2.24, 2.45) is 5.73 Å². The molecule has 1 aromatic carbocycles. The largest absolute Gasteiger partial charge is 0.492 e. The monoisotopic (exact) mass is 365 g/mol. The van der Waals surface area contributed by atoms with Crippen molar-refractivity contribution >= 4 is 30.7 Å². The molecule has 0 saturated carbocycles. The first kappa shape index (κ1) is 21.9. The van der Waals surface area contributed by atoms with Crippen LogP contribution in [0.3, 0.4) is 0 Å². The molecule has 2 rings (SSSR count). The van der Waals surface area contributed by atoms with Gasteiger partial charge in [-0.15, -0.1) is 24.8 Å². The van der Waals surface area contributed by atoms with Crippen molar-refractivity contribution in [3.8, 4) is 5.75 Å². The highest BCUT2D eigenvalue weighted by molar-refractivity contribution is 5.85. The molecule has 0 unspecified atom stereocenters. The minimum atomic E-state index is -0.159. The van der Waals surface area contributed by atoms with Crippen LogP contribution in [0.4, 0.5) is 0 Å². The fraction of sp³-hybridized carbons (Fsp3) is 0.533. The van der Waals surface area contributed by atoms with Crippen molar-refractivity contribution in [3.05, 3.63) is 29.8 Å². The lowest BCUT2D eigenvalue weighted by Gasteiger charge is -2.26. The molecule has 8 heteroatoms. The van der Waals surface area contributed by atoms with Crippen LogP contribution >= 0.6 is 24.8 Å². The first-order valence-corrected chi connectivity index (χ1v) is 7.26. The number of morpholine rings is 1. The Bertz CT molecular complexity index is 457. The minimum absolute atomic E-state index is 0. The van der Waals surface area contributed by atoms with Gasteiger partial charge in [0.1, 0.15) is 12.4 Å². The van der Waals surface area contributed by atoms with Crippen molar-refractivity contribution in [2.75, 3.05) is 46.0 Å². The normalized spacial score (nSPS) is 14.3. The first-order chi connectivity index (χ1) is 10.3. The third-order valence-electron chi connectivity index (χ3n) is 3.35. The van der Waals surface area contributed by atoms with Crippen LogP contribution in [0.2, 0.25) is 0 Å². The van der Waals surface area contributed by atoms with Crippen molar-refractivity contribution in [1.82, 2.24) is 10.2 Å². The second-order valence-corrected chi connectivity index (χ2v) is 4.93. The van der Waals surface area contributed by atoms with E-state index in [2.05, 4.69) is 10.2 Å². The zero-order valence-electron chi connectivity index (χ0n) is 13.0. The quantitative estimate of drug-likeness (QED) is 0.747. The standard InChI is InChI=1S/C15H23N3O3.2ClH/c16-11-15(19)17-12-13-2-1-3-14(10-13)21-9-6-18-4-7-20-8-5-18;;/h1-3,10H,4-9,11-12,16H2,(H,17,19);2*1H. The van der Waals surface area contributed by atoms with E-state index in [0.717, 1.165) is 44.2 Å². The summed E-state index contributed by atoms with van der Waals surface area (Å²) in [6, 6.07) is 7.74. The second kappa shape index (κ2) is 12.4. The third kappa shape index (κ3) is 8.39. The molecule has 0 aliphatic carbocycles. The van der Waals surface area contributed by atoms with E-state index in [1.807, 2.05) is 24.3 Å². The first-order valence-electron chi connectivity index (χ1n) is 7.26. The van der Waals surface area contributed by atoms with Gasteiger partial charge in [-0.25, -0.2) is 0 Å². The van der Waals surface area contributed by atoms with E-state index in [4.69, 9.17) is 15.2 Å². The molecule has 1 fully saturated rings. The molecule has 132 valence electrons. The van der Waals surface area contributed by atoms with Gasteiger partial charge in [-0.1, -0.05) is 12.1 Å². The second-order valence-electron chi connectivity index (χ2n) is 4.93. The molecule has 1 amide bonds. The van der Waals surface area contributed by atoms with Gasteiger partial charge in [0.15, 0.2) is 0 Å². The maximum Gasteiger partial charge on any atom is 0.234 e. The summed E-state index contributed by atoms with van der Waals surface area (Å²) in [4.78, 5) is 13.5. The Morgan fingerprint density at radius 1 is 1.30 bits per heavy atom. The highest BCUT2D eigenvalue weighted by Crippen LogP contribution is 2.13. The molecule has 1 aliphatic heterocycles. The topological polar surface area (TPSA) is 76.8 Å². The Balaban J connectivity index is 0.00000242. The number of amides is 1. The number of benzene rings is 1. The summed E-state index contributed by atoms with van der Waals surface area (Å²) in [5, 5.41) is 2.74. The molecule has 0 spiro atoms. The number of nitrogens with two attached hydrogens (primary N) is 1. The van der Waals surface area contributed by atoms with Crippen LogP contribution in [-0.4, -0.2) is 56.8 Å². The molecule has 1 saturated heterocycles. The lowest BCUT2D eigenvalue weighted by Crippen LogP contribution is -2.38. The lowest BCUT2D eigenvalue weighted by atomic mass is 10.2. The van der Waals surface area contributed by atoms with E-state index in [0.29, 0.717) is 13.2 Å². The van der Waals surface area contributed by atoms with E-state index in [-0.39, 0.29) is 37.3 Å².